The van der Waals surface area contributed by atoms with Crippen molar-refractivity contribution in [1.29, 1.82) is 0 Å². The van der Waals surface area contributed by atoms with Crippen LogP contribution in [-0.4, -0.2) is 68.1 Å². The Kier molecular flexibility index (Phi) is 3.56. The SMILES string of the molecule is CN(C)C(=O)N1CCC2(CC1)OCC(CN)O2. The first-order valence-electron chi connectivity index (χ1n) is 6.04. The van der Waals surface area contributed by atoms with Gasteiger partial charge in [0.05, 0.1) is 12.7 Å². The molecule has 0 aromatic rings. The molecule has 0 aromatic heterocycles. The molecule has 2 N–H and O–H groups in total. The standard InChI is InChI=1S/C11H21N3O3/c1-13(2)10(15)14-5-3-11(4-6-14)16-8-9(7-12)17-11/h9H,3-8,12H2,1-2H3. The largest absolute Gasteiger partial charge is 0.347 e. The Morgan fingerprint density at radius 2 is 2.12 bits per heavy atom. The fourth-order valence-electron chi connectivity index (χ4n) is 2.32. The van der Waals surface area contributed by atoms with Gasteiger partial charge in [-0.25, -0.2) is 4.79 Å². The van der Waals surface area contributed by atoms with E-state index in [1.807, 2.05) is 4.90 Å². The van der Waals surface area contributed by atoms with E-state index >= 15 is 0 Å². The molecule has 2 aliphatic heterocycles. The van der Waals surface area contributed by atoms with Gasteiger partial charge in [0.1, 0.15) is 0 Å². The van der Waals surface area contributed by atoms with Crippen LogP contribution >= 0.6 is 0 Å². The Labute approximate surface area is 102 Å². The number of urea groups is 1. The zero-order valence-corrected chi connectivity index (χ0v) is 10.5. The van der Waals surface area contributed by atoms with Crippen LogP contribution in [0.4, 0.5) is 4.79 Å². The summed E-state index contributed by atoms with van der Waals surface area (Å²) in [6.07, 6.45) is 1.46. The molecule has 6 nitrogen and oxygen atoms in total. The Morgan fingerprint density at radius 3 is 2.59 bits per heavy atom. The van der Waals surface area contributed by atoms with E-state index < -0.39 is 5.79 Å². The minimum absolute atomic E-state index is 0.00565. The van der Waals surface area contributed by atoms with Gasteiger partial charge in [0.15, 0.2) is 5.79 Å². The lowest BCUT2D eigenvalue weighted by molar-refractivity contribution is -0.190. The molecule has 2 rings (SSSR count). The minimum Gasteiger partial charge on any atom is -0.347 e. The fourth-order valence-corrected chi connectivity index (χ4v) is 2.32. The lowest BCUT2D eigenvalue weighted by atomic mass is 10.0. The summed E-state index contributed by atoms with van der Waals surface area (Å²) in [6, 6.07) is 0.0493. The van der Waals surface area contributed by atoms with E-state index in [0.717, 1.165) is 12.8 Å². The molecule has 1 spiro atoms. The number of likely N-dealkylation sites (tertiary alicyclic amines) is 1. The number of carbonyl (C=O) groups excluding carboxylic acids is 1. The van der Waals surface area contributed by atoms with E-state index in [1.165, 1.54) is 0 Å². The van der Waals surface area contributed by atoms with Crippen molar-refractivity contribution in [1.82, 2.24) is 9.80 Å². The van der Waals surface area contributed by atoms with Crippen molar-refractivity contribution < 1.29 is 14.3 Å². The molecule has 0 saturated carbocycles. The number of nitrogens with two attached hydrogens (primary N) is 1. The number of ether oxygens (including phenoxy) is 2. The molecule has 1 unspecified atom stereocenters. The van der Waals surface area contributed by atoms with Crippen molar-refractivity contribution in [2.45, 2.75) is 24.7 Å². The molecule has 2 amide bonds. The Hall–Kier alpha value is -0.850. The highest BCUT2D eigenvalue weighted by atomic mass is 16.7. The van der Waals surface area contributed by atoms with Crippen molar-refractivity contribution >= 4 is 6.03 Å². The van der Waals surface area contributed by atoms with Gasteiger partial charge >= 0.3 is 6.03 Å². The number of piperidine rings is 1. The van der Waals surface area contributed by atoms with Gasteiger partial charge in [-0.05, 0) is 0 Å². The molecule has 98 valence electrons. The molecule has 2 fully saturated rings. The van der Waals surface area contributed by atoms with Crippen LogP contribution in [0.15, 0.2) is 0 Å². The number of hydrogen-bond acceptors (Lipinski definition) is 4. The van der Waals surface area contributed by atoms with Gasteiger partial charge in [-0.3, -0.25) is 0 Å². The van der Waals surface area contributed by atoms with Crippen molar-refractivity contribution in [2.24, 2.45) is 5.73 Å². The smallest absolute Gasteiger partial charge is 0.319 e. The highest BCUT2D eigenvalue weighted by molar-refractivity contribution is 5.73. The van der Waals surface area contributed by atoms with Gasteiger partial charge in [-0.15, -0.1) is 0 Å². The first-order chi connectivity index (χ1) is 8.06. The van der Waals surface area contributed by atoms with Crippen LogP contribution in [0.1, 0.15) is 12.8 Å². The van der Waals surface area contributed by atoms with Crippen molar-refractivity contribution in [2.75, 3.05) is 40.3 Å². The molecule has 0 radical (unpaired) electrons. The third-order valence-corrected chi connectivity index (χ3v) is 3.35. The lowest BCUT2D eigenvalue weighted by Crippen LogP contribution is -2.50. The van der Waals surface area contributed by atoms with E-state index in [-0.39, 0.29) is 12.1 Å². The molecule has 2 heterocycles. The van der Waals surface area contributed by atoms with E-state index in [9.17, 15) is 4.79 Å². The molecule has 6 heteroatoms. The molecule has 2 saturated heterocycles. The quantitative estimate of drug-likeness (QED) is 0.694. The third-order valence-electron chi connectivity index (χ3n) is 3.35. The van der Waals surface area contributed by atoms with Crippen molar-refractivity contribution in [3.05, 3.63) is 0 Å². The van der Waals surface area contributed by atoms with Crippen LogP contribution in [-0.2, 0) is 9.47 Å². The molecule has 2 aliphatic rings. The molecule has 1 atom stereocenters. The highest BCUT2D eigenvalue weighted by Crippen LogP contribution is 2.33. The maximum atomic E-state index is 11.8. The summed E-state index contributed by atoms with van der Waals surface area (Å²) in [5.74, 6) is -0.493. The number of nitrogens with zero attached hydrogens (tertiary/aromatic N) is 2. The van der Waals surface area contributed by atoms with E-state index in [4.69, 9.17) is 15.2 Å². The summed E-state index contributed by atoms with van der Waals surface area (Å²) in [5, 5.41) is 0. The molecular formula is C11H21N3O3. The Bertz CT molecular complexity index is 288. The molecule has 0 aliphatic carbocycles. The van der Waals surface area contributed by atoms with E-state index in [1.54, 1.807) is 19.0 Å². The van der Waals surface area contributed by atoms with Crippen LogP contribution in [0.3, 0.4) is 0 Å². The van der Waals surface area contributed by atoms with Crippen LogP contribution in [0.5, 0.6) is 0 Å². The van der Waals surface area contributed by atoms with Gasteiger partial charge in [0, 0.05) is 46.6 Å². The van der Waals surface area contributed by atoms with Gasteiger partial charge in [0.25, 0.3) is 0 Å². The summed E-state index contributed by atoms with van der Waals surface area (Å²) in [7, 11) is 3.53. The predicted molar refractivity (Wildman–Crippen MR) is 62.5 cm³/mol. The first-order valence-corrected chi connectivity index (χ1v) is 6.04. The van der Waals surface area contributed by atoms with E-state index in [2.05, 4.69) is 0 Å². The second-order valence-corrected chi connectivity index (χ2v) is 4.86. The average Bonchev–Trinajstić information content (AvgIpc) is 2.73. The van der Waals surface area contributed by atoms with Crippen molar-refractivity contribution in [3.8, 4) is 0 Å². The molecular weight excluding hydrogens is 222 g/mol. The zero-order chi connectivity index (χ0) is 12.5. The fraction of sp³-hybridized carbons (Fsp3) is 0.909. The number of rotatable bonds is 1. The lowest BCUT2D eigenvalue weighted by Gasteiger charge is -2.38. The summed E-state index contributed by atoms with van der Waals surface area (Å²) < 4.78 is 11.5. The predicted octanol–water partition coefficient (Wildman–Crippen LogP) is -0.166. The second-order valence-electron chi connectivity index (χ2n) is 4.86. The van der Waals surface area contributed by atoms with Gasteiger partial charge < -0.3 is 25.0 Å². The molecule has 0 aromatic carbocycles. The summed E-state index contributed by atoms with van der Waals surface area (Å²) in [6.45, 7) is 2.41. The third kappa shape index (κ3) is 2.53. The normalized spacial score (nSPS) is 27.5. The molecule has 17 heavy (non-hydrogen) atoms. The highest BCUT2D eigenvalue weighted by Gasteiger charge is 2.44. The van der Waals surface area contributed by atoms with Crippen LogP contribution in [0.2, 0.25) is 0 Å². The molecule has 0 bridgehead atoms. The summed E-state index contributed by atoms with van der Waals surface area (Å²) in [5.41, 5.74) is 5.56. The van der Waals surface area contributed by atoms with Gasteiger partial charge in [-0.1, -0.05) is 0 Å². The van der Waals surface area contributed by atoms with Gasteiger partial charge in [-0.2, -0.15) is 0 Å². The van der Waals surface area contributed by atoms with E-state index in [0.29, 0.717) is 26.2 Å². The van der Waals surface area contributed by atoms with Crippen LogP contribution < -0.4 is 5.73 Å². The first kappa shape index (κ1) is 12.6. The number of amides is 2. The number of hydrogen-bond donors (Lipinski definition) is 1. The summed E-state index contributed by atoms with van der Waals surface area (Å²) >= 11 is 0. The summed E-state index contributed by atoms with van der Waals surface area (Å²) in [4.78, 5) is 15.2. The van der Waals surface area contributed by atoms with Crippen LogP contribution in [0.25, 0.3) is 0 Å². The minimum atomic E-state index is -0.493. The average molecular weight is 243 g/mol. The maximum Gasteiger partial charge on any atom is 0.319 e. The van der Waals surface area contributed by atoms with Crippen LogP contribution in [0, 0.1) is 0 Å². The number of carbonyl (C=O) groups is 1. The van der Waals surface area contributed by atoms with Crippen molar-refractivity contribution in [3.63, 3.8) is 0 Å². The second kappa shape index (κ2) is 4.80. The van der Waals surface area contributed by atoms with Gasteiger partial charge in [0.2, 0.25) is 0 Å². The maximum absolute atomic E-state index is 11.8. The Balaban J connectivity index is 1.88. The topological polar surface area (TPSA) is 68.0 Å². The zero-order valence-electron chi connectivity index (χ0n) is 10.5. The Morgan fingerprint density at radius 1 is 1.47 bits per heavy atom. The monoisotopic (exact) mass is 243 g/mol.